The summed E-state index contributed by atoms with van der Waals surface area (Å²) in [6.07, 6.45) is 0. The van der Waals surface area contributed by atoms with Crippen LogP contribution in [0.2, 0.25) is 5.02 Å². The molecule has 3 aromatic rings. The van der Waals surface area contributed by atoms with E-state index in [0.29, 0.717) is 28.0 Å². The van der Waals surface area contributed by atoms with E-state index in [9.17, 15) is 4.79 Å². The monoisotopic (exact) mass is 431 g/mol. The smallest absolute Gasteiger partial charge is 0.305 e. The number of amides is 1. The second-order valence-electron chi connectivity index (χ2n) is 5.72. The molecule has 150 valence electrons. The predicted octanol–water partition coefficient (Wildman–Crippen LogP) is 4.15. The Bertz CT molecular complexity index is 1010. The predicted molar refractivity (Wildman–Crippen MR) is 114 cm³/mol. The van der Waals surface area contributed by atoms with E-state index in [1.54, 1.807) is 43.5 Å². The Morgan fingerprint density at radius 1 is 1.03 bits per heavy atom. The Morgan fingerprint density at radius 2 is 1.76 bits per heavy atom. The molecule has 0 saturated carbocycles. The lowest BCUT2D eigenvalue weighted by atomic mass is 10.3. The first kappa shape index (κ1) is 20.5. The van der Waals surface area contributed by atoms with Crippen LogP contribution >= 0.6 is 23.8 Å². The van der Waals surface area contributed by atoms with Crippen LogP contribution in [0.5, 0.6) is 11.5 Å². The second-order valence-corrected chi connectivity index (χ2v) is 6.53. The van der Waals surface area contributed by atoms with Crippen LogP contribution in [0.25, 0.3) is 0 Å². The highest BCUT2D eigenvalue weighted by Crippen LogP contribution is 2.24. The third-order valence-corrected chi connectivity index (χ3v) is 4.25. The molecule has 1 heterocycles. The summed E-state index contributed by atoms with van der Waals surface area (Å²) >= 11 is 11.2. The summed E-state index contributed by atoms with van der Waals surface area (Å²) < 4.78 is 16.3. The highest BCUT2D eigenvalue weighted by Gasteiger charge is 2.13. The number of hydrogen-bond acceptors (Lipinski definition) is 5. The molecule has 0 fully saturated rings. The van der Waals surface area contributed by atoms with Crippen molar-refractivity contribution >= 4 is 40.5 Å². The summed E-state index contributed by atoms with van der Waals surface area (Å²) in [6.45, 7) is 0.137. The molecule has 7 nitrogen and oxygen atoms in total. The number of hydrazine groups is 1. The number of carbonyl (C=O) groups is 1. The maximum atomic E-state index is 12.2. The van der Waals surface area contributed by atoms with Gasteiger partial charge in [-0.1, -0.05) is 35.9 Å². The van der Waals surface area contributed by atoms with Gasteiger partial charge in [0.05, 0.1) is 17.8 Å². The van der Waals surface area contributed by atoms with Crippen LogP contribution in [-0.4, -0.2) is 18.1 Å². The Labute approximate surface area is 177 Å². The number of nitrogens with one attached hydrogen (secondary N) is 3. The number of hydrogen-bond donors (Lipinski definition) is 3. The number of para-hydroxylation sites is 3. The molecule has 0 atom stereocenters. The third-order valence-electron chi connectivity index (χ3n) is 3.74. The van der Waals surface area contributed by atoms with Crippen LogP contribution in [0.4, 0.5) is 5.69 Å². The van der Waals surface area contributed by atoms with Crippen molar-refractivity contribution in [1.29, 1.82) is 0 Å². The number of carbonyl (C=O) groups excluding carboxylic acids is 1. The summed E-state index contributed by atoms with van der Waals surface area (Å²) in [7, 11) is 1.56. The van der Waals surface area contributed by atoms with Crippen LogP contribution in [0.3, 0.4) is 0 Å². The minimum absolute atomic E-state index is 0.107. The van der Waals surface area contributed by atoms with Gasteiger partial charge in [0.25, 0.3) is 0 Å². The molecular formula is C20H18ClN3O4S. The molecule has 0 aliphatic rings. The molecule has 0 spiro atoms. The second kappa shape index (κ2) is 9.81. The topological polar surface area (TPSA) is 84.8 Å². The van der Waals surface area contributed by atoms with E-state index >= 15 is 0 Å². The molecule has 29 heavy (non-hydrogen) atoms. The minimum Gasteiger partial charge on any atom is -0.495 e. The number of halogens is 1. The molecule has 3 N–H and O–H groups in total. The van der Waals surface area contributed by atoms with Gasteiger partial charge in [0, 0.05) is 0 Å². The zero-order valence-electron chi connectivity index (χ0n) is 15.4. The third kappa shape index (κ3) is 5.63. The van der Waals surface area contributed by atoms with Crippen LogP contribution in [0.15, 0.2) is 65.1 Å². The lowest BCUT2D eigenvalue weighted by Gasteiger charge is -2.13. The first-order chi connectivity index (χ1) is 14.1. The van der Waals surface area contributed by atoms with E-state index in [-0.39, 0.29) is 17.5 Å². The van der Waals surface area contributed by atoms with Crippen molar-refractivity contribution in [3.05, 3.63) is 77.2 Å². The van der Waals surface area contributed by atoms with Gasteiger partial charge in [0.15, 0.2) is 10.9 Å². The molecular weight excluding hydrogens is 414 g/mol. The Hall–Kier alpha value is -3.23. The van der Waals surface area contributed by atoms with Gasteiger partial charge >= 0.3 is 5.91 Å². The standard InChI is InChI=1S/C20H18ClN3O4S/c1-26-17-9-5-3-7-15(17)22-20(29)24-23-19(25)18-11-10-13(28-18)12-27-16-8-4-2-6-14(16)21/h2-11H,12H2,1H3,(H,23,25)(H2,22,24,29). The lowest BCUT2D eigenvalue weighted by Crippen LogP contribution is -2.43. The molecule has 1 aromatic heterocycles. The average Bonchev–Trinajstić information content (AvgIpc) is 3.21. The van der Waals surface area contributed by atoms with E-state index < -0.39 is 5.91 Å². The fourth-order valence-electron chi connectivity index (χ4n) is 2.36. The summed E-state index contributed by atoms with van der Waals surface area (Å²) in [5, 5.41) is 3.62. The highest BCUT2D eigenvalue weighted by molar-refractivity contribution is 7.80. The van der Waals surface area contributed by atoms with Crippen molar-refractivity contribution in [1.82, 2.24) is 10.9 Å². The number of methoxy groups -OCH3 is 1. The summed E-state index contributed by atoms with van der Waals surface area (Å²) in [6, 6.07) is 17.6. The van der Waals surface area contributed by atoms with Gasteiger partial charge in [-0.15, -0.1) is 0 Å². The zero-order chi connectivity index (χ0) is 20.6. The molecule has 3 rings (SSSR count). The average molecular weight is 432 g/mol. The maximum absolute atomic E-state index is 12.2. The van der Waals surface area contributed by atoms with E-state index in [4.69, 9.17) is 37.7 Å². The maximum Gasteiger partial charge on any atom is 0.305 e. The molecule has 0 aliphatic heterocycles. The number of anilines is 1. The first-order valence-electron chi connectivity index (χ1n) is 8.53. The van der Waals surface area contributed by atoms with Crippen molar-refractivity contribution in [2.75, 3.05) is 12.4 Å². The number of furan rings is 1. The van der Waals surface area contributed by atoms with Crippen molar-refractivity contribution in [2.45, 2.75) is 6.61 Å². The first-order valence-corrected chi connectivity index (χ1v) is 9.32. The van der Waals surface area contributed by atoms with E-state index in [2.05, 4.69) is 16.2 Å². The lowest BCUT2D eigenvalue weighted by molar-refractivity contribution is 0.0912. The molecule has 9 heteroatoms. The normalized spacial score (nSPS) is 10.1. The zero-order valence-corrected chi connectivity index (χ0v) is 17.0. The van der Waals surface area contributed by atoms with Crippen LogP contribution < -0.4 is 25.6 Å². The number of benzene rings is 2. The largest absolute Gasteiger partial charge is 0.495 e. The summed E-state index contributed by atoms with van der Waals surface area (Å²) in [4.78, 5) is 12.2. The number of thiocarbonyl (C=S) groups is 1. The van der Waals surface area contributed by atoms with Gasteiger partial charge in [-0.2, -0.15) is 0 Å². The van der Waals surface area contributed by atoms with Gasteiger partial charge < -0.3 is 19.2 Å². The molecule has 0 bridgehead atoms. The van der Waals surface area contributed by atoms with Crippen molar-refractivity contribution in [2.24, 2.45) is 0 Å². The van der Waals surface area contributed by atoms with E-state index in [1.807, 2.05) is 24.3 Å². The molecule has 0 saturated heterocycles. The van der Waals surface area contributed by atoms with Gasteiger partial charge in [-0.05, 0) is 48.6 Å². The van der Waals surface area contributed by atoms with Crippen molar-refractivity contribution < 1.29 is 18.7 Å². The number of rotatable bonds is 6. The van der Waals surface area contributed by atoms with Crippen LogP contribution in [0, 0.1) is 0 Å². The Balaban J connectivity index is 1.50. The molecule has 0 radical (unpaired) electrons. The van der Waals surface area contributed by atoms with E-state index in [1.165, 1.54) is 0 Å². The molecule has 2 aromatic carbocycles. The van der Waals surface area contributed by atoms with Gasteiger partial charge in [-0.25, -0.2) is 0 Å². The van der Waals surface area contributed by atoms with Gasteiger partial charge in [0.1, 0.15) is 23.9 Å². The summed E-state index contributed by atoms with van der Waals surface area (Å²) in [5.41, 5.74) is 5.74. The molecule has 0 aliphatic carbocycles. The van der Waals surface area contributed by atoms with Gasteiger partial charge in [0.2, 0.25) is 0 Å². The molecule has 0 unspecified atom stereocenters. The van der Waals surface area contributed by atoms with E-state index in [0.717, 1.165) is 0 Å². The fourth-order valence-corrected chi connectivity index (χ4v) is 2.72. The SMILES string of the molecule is COc1ccccc1NC(=S)NNC(=O)c1ccc(COc2ccccc2Cl)o1. The summed E-state index contributed by atoms with van der Waals surface area (Å²) in [5.74, 6) is 1.25. The Morgan fingerprint density at radius 3 is 2.52 bits per heavy atom. The fraction of sp³-hybridized carbons (Fsp3) is 0.100. The highest BCUT2D eigenvalue weighted by atomic mass is 35.5. The quantitative estimate of drug-likeness (QED) is 0.399. The van der Waals surface area contributed by atoms with Crippen LogP contribution in [-0.2, 0) is 6.61 Å². The Kier molecular flexibility index (Phi) is 6.94. The number of ether oxygens (including phenoxy) is 2. The van der Waals surface area contributed by atoms with Gasteiger partial charge in [-0.3, -0.25) is 15.6 Å². The molecule has 1 amide bonds. The minimum atomic E-state index is -0.488. The van der Waals surface area contributed by atoms with Crippen molar-refractivity contribution in [3.8, 4) is 11.5 Å². The van der Waals surface area contributed by atoms with Crippen molar-refractivity contribution in [3.63, 3.8) is 0 Å². The van der Waals surface area contributed by atoms with Crippen LogP contribution in [0.1, 0.15) is 16.3 Å².